The van der Waals surface area contributed by atoms with Crippen molar-refractivity contribution < 1.29 is 14.3 Å². The first-order chi connectivity index (χ1) is 21.8. The van der Waals surface area contributed by atoms with E-state index in [4.69, 9.17) is 4.74 Å². The Bertz CT molecular complexity index is 1640. The van der Waals surface area contributed by atoms with Crippen LogP contribution >= 0.6 is 11.8 Å². The zero-order valence-electron chi connectivity index (χ0n) is 25.8. The van der Waals surface area contributed by atoms with Crippen LogP contribution in [0.2, 0.25) is 0 Å². The van der Waals surface area contributed by atoms with E-state index in [1.54, 1.807) is 11.8 Å². The summed E-state index contributed by atoms with van der Waals surface area (Å²) in [6, 6.07) is 46.8. The minimum absolute atomic E-state index is 0.0665. The monoisotopic (exact) mass is 611 g/mol. The lowest BCUT2D eigenvalue weighted by atomic mass is 9.84. The van der Waals surface area contributed by atoms with Crippen LogP contribution in [0.5, 0.6) is 0 Å². The van der Waals surface area contributed by atoms with Gasteiger partial charge in [-0.1, -0.05) is 140 Å². The summed E-state index contributed by atoms with van der Waals surface area (Å²) in [6.45, 7) is 5.76. The summed E-state index contributed by atoms with van der Waals surface area (Å²) in [5, 5.41) is 2.97. The molecule has 0 aromatic heterocycles. The van der Waals surface area contributed by atoms with Crippen molar-refractivity contribution in [1.29, 1.82) is 0 Å². The van der Waals surface area contributed by atoms with Crippen molar-refractivity contribution in [3.05, 3.63) is 167 Å². The third kappa shape index (κ3) is 5.93. The number of amides is 1. The van der Waals surface area contributed by atoms with Crippen LogP contribution in [0.1, 0.15) is 54.5 Å². The molecule has 1 amide bonds. The number of ether oxygens (including phenoxy) is 1. The van der Waals surface area contributed by atoms with Crippen molar-refractivity contribution in [3.63, 3.8) is 0 Å². The number of rotatable bonds is 10. The Morgan fingerprint density at radius 1 is 0.667 bits per heavy atom. The van der Waals surface area contributed by atoms with Crippen LogP contribution in [0.3, 0.4) is 0 Å². The summed E-state index contributed by atoms with van der Waals surface area (Å²) in [5.41, 5.74) is 7.88. The molecule has 0 heterocycles. The van der Waals surface area contributed by atoms with E-state index in [9.17, 15) is 9.59 Å². The highest BCUT2D eigenvalue weighted by atomic mass is 32.2. The van der Waals surface area contributed by atoms with Gasteiger partial charge in [0.15, 0.2) is 5.78 Å². The molecule has 1 aliphatic rings. The van der Waals surface area contributed by atoms with Crippen LogP contribution in [0.25, 0.3) is 11.1 Å². The zero-order chi connectivity index (χ0) is 31.4. The maximum absolute atomic E-state index is 13.5. The Morgan fingerprint density at radius 3 is 1.49 bits per heavy atom. The van der Waals surface area contributed by atoms with Gasteiger partial charge in [0.2, 0.25) is 0 Å². The molecule has 6 rings (SSSR count). The Morgan fingerprint density at radius 2 is 1.07 bits per heavy atom. The predicted molar refractivity (Wildman–Crippen MR) is 184 cm³/mol. The fourth-order valence-electron chi connectivity index (χ4n) is 6.67. The molecule has 1 aliphatic carbocycles. The molecule has 1 unspecified atom stereocenters. The van der Waals surface area contributed by atoms with E-state index in [0.717, 1.165) is 27.8 Å². The topological polar surface area (TPSA) is 55.4 Å². The molecule has 5 heteroatoms. The molecule has 0 fully saturated rings. The Hall–Kier alpha value is -4.61. The molecule has 0 saturated carbocycles. The van der Waals surface area contributed by atoms with Gasteiger partial charge >= 0.3 is 6.09 Å². The van der Waals surface area contributed by atoms with Gasteiger partial charge < -0.3 is 10.1 Å². The number of fused-ring (bicyclic) bond motifs is 3. The van der Waals surface area contributed by atoms with E-state index in [-0.39, 0.29) is 18.3 Å². The normalized spacial score (nSPS) is 13.4. The molecular formula is C40H37NO3S. The van der Waals surface area contributed by atoms with Gasteiger partial charge in [-0.15, -0.1) is 11.8 Å². The average molecular weight is 612 g/mol. The number of nitrogens with one attached hydrogen (secondary N) is 1. The number of carbonyl (C=O) groups excluding carboxylic acids is 2. The number of alkyl carbamates (subject to hydrolysis) is 1. The van der Waals surface area contributed by atoms with Crippen LogP contribution in [0.15, 0.2) is 140 Å². The second kappa shape index (κ2) is 12.8. The first kappa shape index (κ1) is 30.4. The summed E-state index contributed by atoms with van der Waals surface area (Å²) in [6.07, 6.45) is -0.601. The second-order valence-corrected chi connectivity index (χ2v) is 13.9. The van der Waals surface area contributed by atoms with E-state index in [0.29, 0.717) is 0 Å². The van der Waals surface area contributed by atoms with Gasteiger partial charge in [-0.25, -0.2) is 4.79 Å². The highest BCUT2D eigenvalue weighted by Gasteiger charge is 2.46. The summed E-state index contributed by atoms with van der Waals surface area (Å²) < 4.78 is 4.47. The van der Waals surface area contributed by atoms with Crippen LogP contribution < -0.4 is 5.32 Å². The quantitative estimate of drug-likeness (QED) is 0.160. The van der Waals surface area contributed by atoms with Gasteiger partial charge in [-0.05, 0) is 59.7 Å². The molecule has 5 aromatic carbocycles. The van der Waals surface area contributed by atoms with Crippen molar-refractivity contribution in [3.8, 4) is 11.1 Å². The first-order valence-electron chi connectivity index (χ1n) is 15.3. The van der Waals surface area contributed by atoms with Crippen molar-refractivity contribution in [2.45, 2.75) is 42.2 Å². The number of benzene rings is 5. The lowest BCUT2D eigenvalue weighted by Crippen LogP contribution is -2.53. The summed E-state index contributed by atoms with van der Waals surface area (Å²) >= 11 is 1.67. The standard InChI is InChI=1S/C40H37NO3S/c1-28(42)37(41-38(43)44-27-36-34-25-15-13-23-32(34)33-24-14-16-26-35(33)36)39(2,3)45-40(29-17-7-4-8-18-29,30-19-9-5-10-20-30)31-21-11-6-12-22-31/h4-26,36-37H,27H2,1-3H3,(H,41,43). The molecule has 226 valence electrons. The molecule has 5 aromatic rings. The number of Topliss-reactive ketones (excluding diaryl/α,β-unsaturated/α-hetero) is 1. The summed E-state index contributed by atoms with van der Waals surface area (Å²) in [7, 11) is 0. The largest absolute Gasteiger partial charge is 0.449 e. The maximum Gasteiger partial charge on any atom is 0.407 e. The molecule has 0 spiro atoms. The highest BCUT2D eigenvalue weighted by Crippen LogP contribution is 2.54. The van der Waals surface area contributed by atoms with E-state index in [1.165, 1.54) is 18.1 Å². The third-order valence-corrected chi connectivity index (χ3v) is 10.4. The second-order valence-electron chi connectivity index (χ2n) is 12.0. The van der Waals surface area contributed by atoms with Crippen LogP contribution in [-0.2, 0) is 14.3 Å². The van der Waals surface area contributed by atoms with E-state index < -0.39 is 21.6 Å². The molecule has 1 N–H and O–H groups in total. The highest BCUT2D eigenvalue weighted by molar-refractivity contribution is 8.02. The lowest BCUT2D eigenvalue weighted by molar-refractivity contribution is -0.119. The predicted octanol–water partition coefficient (Wildman–Crippen LogP) is 8.99. The lowest BCUT2D eigenvalue weighted by Gasteiger charge is -2.44. The smallest absolute Gasteiger partial charge is 0.407 e. The molecule has 45 heavy (non-hydrogen) atoms. The average Bonchev–Trinajstić information content (AvgIpc) is 3.39. The Labute approximate surface area is 269 Å². The van der Waals surface area contributed by atoms with Gasteiger partial charge in [-0.2, -0.15) is 0 Å². The SMILES string of the molecule is CC(=O)C(NC(=O)OCC1c2ccccc2-c2ccccc21)C(C)(C)SC(c1ccccc1)(c1ccccc1)c1ccccc1. The molecule has 0 saturated heterocycles. The molecule has 0 bridgehead atoms. The van der Waals surface area contributed by atoms with Crippen molar-refractivity contribution in [2.24, 2.45) is 0 Å². The van der Waals surface area contributed by atoms with Crippen LogP contribution in [-0.4, -0.2) is 29.3 Å². The minimum atomic E-state index is -0.811. The first-order valence-corrected chi connectivity index (χ1v) is 16.1. The fraction of sp³-hybridized carbons (Fsp3) is 0.200. The number of hydrogen-bond acceptors (Lipinski definition) is 4. The number of ketones is 1. The molecule has 1 atom stereocenters. The summed E-state index contributed by atoms with van der Waals surface area (Å²) in [4.78, 5) is 26.8. The van der Waals surface area contributed by atoms with Gasteiger partial charge in [0.1, 0.15) is 12.6 Å². The Balaban J connectivity index is 1.30. The number of carbonyl (C=O) groups is 2. The van der Waals surface area contributed by atoms with E-state index in [2.05, 4.69) is 66.0 Å². The van der Waals surface area contributed by atoms with Gasteiger partial charge in [0, 0.05) is 10.7 Å². The maximum atomic E-state index is 13.5. The number of hydrogen-bond donors (Lipinski definition) is 1. The van der Waals surface area contributed by atoms with Crippen LogP contribution in [0, 0.1) is 0 Å². The summed E-state index contributed by atoms with van der Waals surface area (Å²) in [5.74, 6) is -0.202. The van der Waals surface area contributed by atoms with Gasteiger partial charge in [-0.3, -0.25) is 4.79 Å². The van der Waals surface area contributed by atoms with E-state index >= 15 is 0 Å². The van der Waals surface area contributed by atoms with Crippen molar-refractivity contribution in [2.75, 3.05) is 6.61 Å². The number of thioether (sulfide) groups is 1. The van der Waals surface area contributed by atoms with Crippen molar-refractivity contribution >= 4 is 23.6 Å². The van der Waals surface area contributed by atoms with Crippen molar-refractivity contribution in [1.82, 2.24) is 5.32 Å². The van der Waals surface area contributed by atoms with Crippen LogP contribution in [0.4, 0.5) is 4.79 Å². The fourth-order valence-corrected chi connectivity index (χ4v) is 8.57. The zero-order valence-corrected chi connectivity index (χ0v) is 26.6. The Kier molecular flexibility index (Phi) is 8.64. The van der Waals surface area contributed by atoms with Gasteiger partial charge in [0.05, 0.1) is 4.75 Å². The molecular weight excluding hydrogens is 575 g/mol. The molecule has 0 aliphatic heterocycles. The third-order valence-electron chi connectivity index (χ3n) is 8.66. The van der Waals surface area contributed by atoms with E-state index in [1.807, 2.05) is 92.7 Å². The molecule has 4 nitrogen and oxygen atoms in total. The molecule has 0 radical (unpaired) electrons. The van der Waals surface area contributed by atoms with Gasteiger partial charge in [0.25, 0.3) is 0 Å². The minimum Gasteiger partial charge on any atom is -0.449 e.